The van der Waals surface area contributed by atoms with Crippen molar-refractivity contribution >= 4 is 33.8 Å². The first-order chi connectivity index (χ1) is 15.2. The molecule has 4 aromatic rings. The molecule has 1 fully saturated rings. The van der Waals surface area contributed by atoms with Crippen LogP contribution in [0.25, 0.3) is 33.3 Å². The minimum atomic E-state index is 0.0283. The largest absolute Gasteiger partial charge is 0.324 e. The maximum Gasteiger partial charge on any atom is 0.324 e. The minimum Gasteiger partial charge on any atom is -0.323 e. The summed E-state index contributed by atoms with van der Waals surface area (Å²) in [6, 6.07) is 6.12. The summed E-state index contributed by atoms with van der Waals surface area (Å²) in [6.45, 7) is 2.35. The Kier molecular flexibility index (Phi) is 4.10. The Bertz CT molecular complexity index is 1310. The van der Waals surface area contributed by atoms with Crippen LogP contribution in [-0.2, 0) is 6.54 Å². The van der Waals surface area contributed by atoms with Crippen molar-refractivity contribution in [2.75, 3.05) is 25.0 Å². The Morgan fingerprint density at radius 2 is 1.97 bits per heavy atom. The summed E-state index contributed by atoms with van der Waals surface area (Å²) in [5.74, 6) is 0. The Morgan fingerprint density at radius 3 is 2.84 bits per heavy atom. The lowest BCUT2D eigenvalue weighted by atomic mass is 10.0. The van der Waals surface area contributed by atoms with Crippen molar-refractivity contribution in [3.05, 3.63) is 42.4 Å². The van der Waals surface area contributed by atoms with Crippen molar-refractivity contribution in [1.82, 2.24) is 35.4 Å². The zero-order valence-electron chi connectivity index (χ0n) is 17.2. The van der Waals surface area contributed by atoms with Crippen LogP contribution in [0.2, 0.25) is 0 Å². The van der Waals surface area contributed by atoms with Crippen LogP contribution in [0, 0.1) is 0 Å². The number of H-pyrrole nitrogens is 1. The molecule has 4 aromatic heterocycles. The molecule has 1 saturated heterocycles. The molecule has 2 amide bonds. The summed E-state index contributed by atoms with van der Waals surface area (Å²) < 4.78 is 0. The molecule has 2 aliphatic rings. The van der Waals surface area contributed by atoms with Crippen LogP contribution < -0.4 is 10.2 Å². The molecule has 0 atom stereocenters. The van der Waals surface area contributed by atoms with Gasteiger partial charge in [-0.25, -0.2) is 14.8 Å². The number of urea groups is 1. The number of amides is 2. The summed E-state index contributed by atoms with van der Waals surface area (Å²) >= 11 is 0. The Hall–Kier alpha value is -3.59. The molecular formula is C22H22N8O. The van der Waals surface area contributed by atoms with Crippen molar-refractivity contribution in [2.24, 2.45) is 0 Å². The van der Waals surface area contributed by atoms with Gasteiger partial charge in [0, 0.05) is 42.0 Å². The number of carbonyl (C=O) groups is 1. The molecule has 6 heterocycles. The smallest absolute Gasteiger partial charge is 0.323 e. The number of fused-ring (bicyclic) bond motifs is 4. The van der Waals surface area contributed by atoms with Crippen molar-refractivity contribution < 1.29 is 4.79 Å². The van der Waals surface area contributed by atoms with E-state index in [2.05, 4.69) is 25.5 Å². The van der Waals surface area contributed by atoms with Crippen LogP contribution >= 0.6 is 0 Å². The van der Waals surface area contributed by atoms with E-state index in [0.717, 1.165) is 70.5 Å². The van der Waals surface area contributed by atoms with Crippen molar-refractivity contribution in [3.8, 4) is 11.3 Å². The number of nitrogens with one attached hydrogen (secondary N) is 2. The molecule has 6 rings (SSSR count). The van der Waals surface area contributed by atoms with Crippen LogP contribution in [0.4, 0.5) is 10.5 Å². The van der Waals surface area contributed by atoms with E-state index in [0.29, 0.717) is 6.54 Å². The maximum absolute atomic E-state index is 13.3. The van der Waals surface area contributed by atoms with Crippen LogP contribution in [0.3, 0.4) is 0 Å². The first-order valence-corrected chi connectivity index (χ1v) is 10.5. The zero-order chi connectivity index (χ0) is 20.9. The molecule has 156 valence electrons. The topological polar surface area (TPSA) is 103 Å². The number of aromatic nitrogens is 5. The van der Waals surface area contributed by atoms with Crippen LogP contribution in [0.5, 0.6) is 0 Å². The summed E-state index contributed by atoms with van der Waals surface area (Å²) in [5, 5.41) is 11.2. The monoisotopic (exact) mass is 414 g/mol. The summed E-state index contributed by atoms with van der Waals surface area (Å²) in [4.78, 5) is 31.1. The van der Waals surface area contributed by atoms with Gasteiger partial charge in [-0.3, -0.25) is 15.0 Å². The molecule has 0 radical (unpaired) electrons. The number of aromatic amines is 1. The average Bonchev–Trinajstić information content (AvgIpc) is 3.28. The quantitative estimate of drug-likeness (QED) is 0.523. The first-order valence-electron chi connectivity index (χ1n) is 10.5. The van der Waals surface area contributed by atoms with Crippen LogP contribution in [0.15, 0.2) is 36.8 Å². The molecule has 0 aliphatic carbocycles. The molecular weight excluding hydrogens is 392 g/mol. The number of nitrogens with zero attached hydrogens (tertiary/aromatic N) is 6. The van der Waals surface area contributed by atoms with E-state index < -0.39 is 0 Å². The number of rotatable bonds is 2. The fraction of sp³-hybridized carbons (Fsp3) is 0.318. The highest BCUT2D eigenvalue weighted by Crippen LogP contribution is 2.37. The first kappa shape index (κ1) is 18.2. The summed E-state index contributed by atoms with van der Waals surface area (Å²) in [7, 11) is 1.85. The molecule has 2 N–H and O–H groups in total. The second kappa shape index (κ2) is 6.98. The van der Waals surface area contributed by atoms with Crippen LogP contribution in [-0.4, -0.2) is 62.3 Å². The van der Waals surface area contributed by atoms with Gasteiger partial charge < -0.3 is 10.2 Å². The van der Waals surface area contributed by atoms with Gasteiger partial charge in [-0.2, -0.15) is 5.10 Å². The normalized spacial score (nSPS) is 17.5. The molecule has 0 spiro atoms. The molecule has 0 saturated carbocycles. The van der Waals surface area contributed by atoms with Crippen molar-refractivity contribution in [2.45, 2.75) is 25.4 Å². The lowest BCUT2D eigenvalue weighted by Crippen LogP contribution is -2.53. The Balaban J connectivity index is 1.54. The fourth-order valence-corrected chi connectivity index (χ4v) is 4.62. The zero-order valence-corrected chi connectivity index (χ0v) is 17.2. The maximum atomic E-state index is 13.3. The molecule has 0 aromatic carbocycles. The second-order valence-corrected chi connectivity index (χ2v) is 8.22. The molecule has 9 nitrogen and oxygen atoms in total. The van der Waals surface area contributed by atoms with E-state index in [1.165, 1.54) is 0 Å². The standard InChI is InChI=1S/C22H22N8O/c1-29-12-15-10-24-18-3-2-17(13-8-14-11-26-28-21(14)25-9-13)27-19(18)20(15)30(22(29)31)16-4-6-23-7-5-16/h2-3,8-11,16,23H,4-7,12H2,1H3,(H,25,26,28). The van der Waals surface area contributed by atoms with E-state index in [9.17, 15) is 4.79 Å². The highest BCUT2D eigenvalue weighted by Gasteiger charge is 2.36. The third-order valence-electron chi connectivity index (χ3n) is 6.20. The molecule has 2 aliphatic heterocycles. The van der Waals surface area contributed by atoms with Gasteiger partial charge >= 0.3 is 6.03 Å². The van der Waals surface area contributed by atoms with Crippen LogP contribution in [0.1, 0.15) is 18.4 Å². The number of hydrogen-bond acceptors (Lipinski definition) is 6. The highest BCUT2D eigenvalue weighted by atomic mass is 16.2. The molecule has 31 heavy (non-hydrogen) atoms. The number of hydrogen-bond donors (Lipinski definition) is 2. The Morgan fingerprint density at radius 1 is 1.10 bits per heavy atom. The van der Waals surface area contributed by atoms with E-state index >= 15 is 0 Å². The van der Waals surface area contributed by atoms with Crippen molar-refractivity contribution in [3.63, 3.8) is 0 Å². The number of carbonyl (C=O) groups excluding carboxylic acids is 1. The van der Waals surface area contributed by atoms with E-state index in [1.54, 1.807) is 17.3 Å². The van der Waals surface area contributed by atoms with Gasteiger partial charge in [-0.05, 0) is 44.1 Å². The highest BCUT2D eigenvalue weighted by molar-refractivity contribution is 6.04. The van der Waals surface area contributed by atoms with Gasteiger partial charge in [0.1, 0.15) is 5.52 Å². The number of pyridine rings is 3. The van der Waals surface area contributed by atoms with E-state index in [1.807, 2.05) is 36.3 Å². The van der Waals surface area contributed by atoms with Gasteiger partial charge in [-0.15, -0.1) is 0 Å². The molecule has 0 unspecified atom stereocenters. The van der Waals surface area contributed by atoms with Gasteiger partial charge in [0.25, 0.3) is 0 Å². The lowest BCUT2D eigenvalue weighted by molar-refractivity contribution is 0.205. The second-order valence-electron chi connectivity index (χ2n) is 8.22. The van der Waals surface area contributed by atoms with Gasteiger partial charge in [0.05, 0.1) is 29.6 Å². The van der Waals surface area contributed by atoms with Gasteiger partial charge in [-0.1, -0.05) is 0 Å². The minimum absolute atomic E-state index is 0.0283. The predicted octanol–water partition coefficient (Wildman–Crippen LogP) is 2.69. The fourth-order valence-electron chi connectivity index (χ4n) is 4.62. The van der Waals surface area contributed by atoms with Gasteiger partial charge in [0.15, 0.2) is 5.65 Å². The summed E-state index contributed by atoms with van der Waals surface area (Å²) in [6.07, 6.45) is 7.27. The summed E-state index contributed by atoms with van der Waals surface area (Å²) in [5.41, 5.74) is 5.93. The average molecular weight is 414 g/mol. The van der Waals surface area contributed by atoms with Crippen molar-refractivity contribution in [1.29, 1.82) is 0 Å². The number of piperidine rings is 1. The number of anilines is 1. The Labute approximate surface area is 178 Å². The van der Waals surface area contributed by atoms with E-state index in [-0.39, 0.29) is 12.1 Å². The van der Waals surface area contributed by atoms with E-state index in [4.69, 9.17) is 4.98 Å². The molecule has 0 bridgehead atoms. The third kappa shape index (κ3) is 2.92. The molecule has 9 heteroatoms. The SMILES string of the molecule is CN1Cc2cnc3ccc(-c4cnc5[nH]ncc5c4)nc3c2N(C2CCNCC2)C1=O. The van der Waals surface area contributed by atoms with Gasteiger partial charge in [0.2, 0.25) is 0 Å². The lowest BCUT2D eigenvalue weighted by Gasteiger charge is -2.41. The predicted molar refractivity (Wildman–Crippen MR) is 118 cm³/mol. The third-order valence-corrected chi connectivity index (χ3v) is 6.20.